The predicted octanol–water partition coefficient (Wildman–Crippen LogP) is 13.1. The molecule has 0 saturated heterocycles. The third kappa shape index (κ3) is 4.51. The summed E-state index contributed by atoms with van der Waals surface area (Å²) >= 11 is 0. The van der Waals surface area contributed by atoms with Crippen LogP contribution in [-0.2, 0) is 5.41 Å². The Morgan fingerprint density at radius 1 is 0.397 bits per heavy atom. The normalized spacial score (nSPS) is 13.2. The molecule has 0 N–H and O–H groups in total. The summed E-state index contributed by atoms with van der Waals surface area (Å²) in [5, 5.41) is 4.72. The van der Waals surface area contributed by atoms with Crippen LogP contribution in [0.4, 0.5) is 0 Å². The highest BCUT2D eigenvalue weighted by molar-refractivity contribution is 6.27. The second-order valence-corrected chi connectivity index (χ2v) is 16.6. The molecule has 1 spiro atoms. The van der Waals surface area contributed by atoms with E-state index in [9.17, 15) is 0 Å². The first-order valence-corrected chi connectivity index (χ1v) is 21.4. The number of hydrogen-bond donors (Lipinski definition) is 0. The van der Waals surface area contributed by atoms with Crippen molar-refractivity contribution in [3.63, 3.8) is 0 Å². The smallest absolute Gasteiger partial charge is 0.0957 e. The highest BCUT2D eigenvalue weighted by Crippen LogP contribution is 2.63. The highest BCUT2D eigenvalue weighted by Gasteiger charge is 2.51. The molecule has 0 aliphatic heterocycles. The van der Waals surface area contributed by atoms with E-state index in [2.05, 4.69) is 165 Å². The van der Waals surface area contributed by atoms with E-state index in [1.54, 1.807) is 0 Å². The standard InChI is InChI=1S/C57H34N6/c1-5-16-45-38(12-1)39-13-2-6-17-46(39)57(45)47-18-7-3-14-40(47)43-32-44-53(33-48(43)57)62(37-25-30-60-49(31-37)35-23-28-58-29-24-35)51-22-21-42-41-15-4-8-19-50(41)63(56(42)54(44)51)52-20-10-27-61-55(52)36-11-9-26-59-34-36/h1-34H. The number of pyridine rings is 4. The lowest BCUT2D eigenvalue weighted by Crippen LogP contribution is -2.25. The Balaban J connectivity index is 1.18. The highest BCUT2D eigenvalue weighted by atomic mass is 15.0. The number of fused-ring (bicyclic) bond motifs is 17. The van der Waals surface area contributed by atoms with Crippen molar-refractivity contribution in [2.75, 3.05) is 0 Å². The van der Waals surface area contributed by atoms with Crippen LogP contribution >= 0.6 is 0 Å². The van der Waals surface area contributed by atoms with Crippen LogP contribution < -0.4 is 0 Å². The maximum Gasteiger partial charge on any atom is 0.0957 e. The molecule has 2 aliphatic rings. The first-order valence-electron chi connectivity index (χ1n) is 21.4. The minimum atomic E-state index is -0.492. The number of nitrogens with zero attached hydrogens (tertiary/aromatic N) is 6. The first-order chi connectivity index (χ1) is 31.3. The summed E-state index contributed by atoms with van der Waals surface area (Å²) in [5.41, 5.74) is 20.2. The molecule has 292 valence electrons. The van der Waals surface area contributed by atoms with Crippen molar-refractivity contribution in [1.82, 2.24) is 29.1 Å². The van der Waals surface area contributed by atoms with Gasteiger partial charge in [-0.05, 0) is 117 Å². The fourth-order valence-corrected chi connectivity index (χ4v) is 11.2. The van der Waals surface area contributed by atoms with Gasteiger partial charge in [0.1, 0.15) is 0 Å². The van der Waals surface area contributed by atoms with E-state index in [-0.39, 0.29) is 0 Å². The minimum absolute atomic E-state index is 0.492. The summed E-state index contributed by atoms with van der Waals surface area (Å²) in [6, 6.07) is 62.2. The average Bonchev–Trinajstić information content (AvgIpc) is 4.06. The van der Waals surface area contributed by atoms with Crippen LogP contribution in [-0.4, -0.2) is 29.1 Å². The van der Waals surface area contributed by atoms with Gasteiger partial charge in [0.25, 0.3) is 0 Å². The van der Waals surface area contributed by atoms with Crippen molar-refractivity contribution in [1.29, 1.82) is 0 Å². The monoisotopic (exact) mass is 802 g/mol. The van der Waals surface area contributed by atoms with Crippen LogP contribution in [0.3, 0.4) is 0 Å². The van der Waals surface area contributed by atoms with Gasteiger partial charge >= 0.3 is 0 Å². The Hall–Kier alpha value is -8.48. The lowest BCUT2D eigenvalue weighted by atomic mass is 9.70. The summed E-state index contributed by atoms with van der Waals surface area (Å²) in [6.07, 6.45) is 11.2. The van der Waals surface area contributed by atoms with E-state index in [0.29, 0.717) is 0 Å². The number of hydrogen-bond acceptors (Lipinski definition) is 4. The third-order valence-corrected chi connectivity index (χ3v) is 13.6. The number of para-hydroxylation sites is 1. The maximum atomic E-state index is 5.02. The molecule has 0 amide bonds. The zero-order valence-corrected chi connectivity index (χ0v) is 33.8. The van der Waals surface area contributed by atoms with Crippen LogP contribution in [0.5, 0.6) is 0 Å². The minimum Gasteiger partial charge on any atom is -0.309 e. The van der Waals surface area contributed by atoms with Gasteiger partial charge in [0.05, 0.1) is 44.6 Å². The van der Waals surface area contributed by atoms with E-state index in [1.165, 1.54) is 66.1 Å². The van der Waals surface area contributed by atoms with Crippen LogP contribution in [0.1, 0.15) is 22.3 Å². The first kappa shape index (κ1) is 34.3. The van der Waals surface area contributed by atoms with E-state index in [4.69, 9.17) is 9.97 Å². The van der Waals surface area contributed by atoms with Gasteiger partial charge < -0.3 is 9.13 Å². The molecule has 6 heteroatoms. The molecule has 0 atom stereocenters. The molecule has 12 aromatic rings. The average molecular weight is 803 g/mol. The summed E-state index contributed by atoms with van der Waals surface area (Å²) in [5.74, 6) is 0. The van der Waals surface area contributed by atoms with Gasteiger partial charge in [0.15, 0.2) is 0 Å². The van der Waals surface area contributed by atoms with Crippen molar-refractivity contribution >= 4 is 43.6 Å². The molecular formula is C57H34N6. The van der Waals surface area contributed by atoms with Crippen LogP contribution in [0, 0.1) is 0 Å². The third-order valence-electron chi connectivity index (χ3n) is 13.6. The topological polar surface area (TPSA) is 61.4 Å². The number of benzene rings is 6. The van der Waals surface area contributed by atoms with Gasteiger partial charge in [-0.1, -0.05) is 97.1 Å². The van der Waals surface area contributed by atoms with Gasteiger partial charge in [-0.25, -0.2) is 0 Å². The Morgan fingerprint density at radius 2 is 1.11 bits per heavy atom. The molecule has 0 fully saturated rings. The summed E-state index contributed by atoms with van der Waals surface area (Å²) in [7, 11) is 0. The number of aromatic nitrogens is 6. The van der Waals surface area contributed by atoms with Gasteiger partial charge in [-0.3, -0.25) is 19.9 Å². The molecule has 0 saturated carbocycles. The van der Waals surface area contributed by atoms with Crippen molar-refractivity contribution in [3.05, 3.63) is 229 Å². The number of rotatable bonds is 4. The molecule has 6 nitrogen and oxygen atoms in total. The van der Waals surface area contributed by atoms with E-state index in [1.807, 2.05) is 61.4 Å². The van der Waals surface area contributed by atoms with Crippen LogP contribution in [0.15, 0.2) is 207 Å². The summed E-state index contributed by atoms with van der Waals surface area (Å²) in [4.78, 5) is 18.7. The Morgan fingerprint density at radius 3 is 1.87 bits per heavy atom. The molecule has 63 heavy (non-hydrogen) atoms. The quantitative estimate of drug-likeness (QED) is 0.178. The zero-order valence-electron chi connectivity index (χ0n) is 33.8. The second kappa shape index (κ2) is 12.8. The molecule has 0 bridgehead atoms. The fourth-order valence-electron chi connectivity index (χ4n) is 11.2. The van der Waals surface area contributed by atoms with Crippen molar-refractivity contribution in [3.8, 4) is 56.1 Å². The van der Waals surface area contributed by atoms with E-state index in [0.717, 1.165) is 56.0 Å². The van der Waals surface area contributed by atoms with Gasteiger partial charge in [0, 0.05) is 75.5 Å². The fraction of sp³-hybridized carbons (Fsp3) is 0.0175. The Kier molecular flexibility index (Phi) is 6.94. The van der Waals surface area contributed by atoms with Crippen LogP contribution in [0.25, 0.3) is 99.8 Å². The maximum absolute atomic E-state index is 5.02. The van der Waals surface area contributed by atoms with Crippen LogP contribution in [0.2, 0.25) is 0 Å². The molecule has 6 aromatic heterocycles. The molecule has 6 heterocycles. The van der Waals surface area contributed by atoms with Crippen molar-refractivity contribution < 1.29 is 0 Å². The van der Waals surface area contributed by atoms with E-state index < -0.39 is 5.41 Å². The molecule has 6 aromatic carbocycles. The van der Waals surface area contributed by atoms with Gasteiger partial charge in [0.2, 0.25) is 0 Å². The van der Waals surface area contributed by atoms with Crippen molar-refractivity contribution in [2.45, 2.75) is 5.41 Å². The van der Waals surface area contributed by atoms with Gasteiger partial charge in [-0.2, -0.15) is 0 Å². The lowest BCUT2D eigenvalue weighted by molar-refractivity contribution is 0.794. The summed E-state index contributed by atoms with van der Waals surface area (Å²) in [6.45, 7) is 0. The predicted molar refractivity (Wildman–Crippen MR) is 253 cm³/mol. The molecule has 0 unspecified atom stereocenters. The molecule has 14 rings (SSSR count). The SMILES string of the molecule is c1cncc(-c2ncccc2-n2c3ccccc3c3ccc4c(c5cc6c(cc5n4-c4ccnc(-c5ccncc5)c4)C4(c5ccccc5-c5ccccc54)c4ccccc4-6)c32)c1. The largest absolute Gasteiger partial charge is 0.309 e. The van der Waals surface area contributed by atoms with Gasteiger partial charge in [-0.15, -0.1) is 0 Å². The second-order valence-electron chi connectivity index (χ2n) is 16.6. The van der Waals surface area contributed by atoms with E-state index >= 15 is 0 Å². The lowest BCUT2D eigenvalue weighted by Gasteiger charge is -2.30. The molecule has 0 radical (unpaired) electrons. The zero-order chi connectivity index (χ0) is 41.2. The molecule has 2 aliphatic carbocycles. The molecular weight excluding hydrogens is 769 g/mol. The van der Waals surface area contributed by atoms with Crippen molar-refractivity contribution in [2.24, 2.45) is 0 Å². The summed E-state index contributed by atoms with van der Waals surface area (Å²) < 4.78 is 4.90. The Labute approximate surface area is 362 Å². The Bertz CT molecular complexity index is 3820.